The third-order valence-electron chi connectivity index (χ3n) is 5.06. The quantitative estimate of drug-likeness (QED) is 0.571. The van der Waals surface area contributed by atoms with Crippen molar-refractivity contribution in [2.75, 3.05) is 0 Å². The molecule has 1 aliphatic heterocycles. The fourth-order valence-corrected chi connectivity index (χ4v) is 2.77. The Morgan fingerprint density at radius 3 is 2.26 bits per heavy atom. The van der Waals surface area contributed by atoms with Crippen molar-refractivity contribution >= 4 is 11.9 Å². The Morgan fingerprint density at radius 1 is 1.22 bits per heavy atom. The Bertz CT molecular complexity index is 521. The second kappa shape index (κ2) is 5.08. The first kappa shape index (κ1) is 18.0. The Kier molecular flexibility index (Phi) is 3.97. The second-order valence-corrected chi connectivity index (χ2v) is 7.46. The Hall–Kier alpha value is -1.34. The number of alkyl halides is 4. The van der Waals surface area contributed by atoms with Gasteiger partial charge in [0.1, 0.15) is 12.2 Å². The van der Waals surface area contributed by atoms with Crippen LogP contribution in [-0.4, -0.2) is 36.0 Å². The van der Waals surface area contributed by atoms with E-state index in [0.717, 1.165) is 6.92 Å². The van der Waals surface area contributed by atoms with E-state index in [9.17, 15) is 27.2 Å². The summed E-state index contributed by atoms with van der Waals surface area (Å²) < 4.78 is 63.8. The fourth-order valence-electron chi connectivity index (χ4n) is 2.77. The van der Waals surface area contributed by atoms with Crippen molar-refractivity contribution < 1.29 is 36.6 Å². The zero-order chi connectivity index (χ0) is 17.8. The monoisotopic (exact) mass is 340 g/mol. The van der Waals surface area contributed by atoms with Gasteiger partial charge >= 0.3 is 18.1 Å². The maximum Gasteiger partial charge on any atom is 0.405 e. The van der Waals surface area contributed by atoms with Gasteiger partial charge in [0.15, 0.2) is 5.41 Å². The molecule has 0 amide bonds. The number of halogens is 4. The molecule has 0 aromatic heterocycles. The molecule has 4 atom stereocenters. The van der Waals surface area contributed by atoms with Crippen molar-refractivity contribution in [1.82, 2.24) is 0 Å². The van der Waals surface area contributed by atoms with E-state index in [-0.39, 0.29) is 6.42 Å². The standard InChI is InChI=1S/C15H20F4O4/c1-12(2,3)13(4,16)10(20)22-8-5-6-14(15(17,18)19)7-9(8)23-11(14)21/h8-9H,5-7H2,1-4H3. The van der Waals surface area contributed by atoms with E-state index < -0.39 is 59.7 Å². The molecule has 8 heteroatoms. The van der Waals surface area contributed by atoms with Crippen LogP contribution in [0.2, 0.25) is 0 Å². The first-order chi connectivity index (χ1) is 10.2. The molecular weight excluding hydrogens is 320 g/mol. The third kappa shape index (κ3) is 2.70. The fraction of sp³-hybridized carbons (Fsp3) is 0.867. The van der Waals surface area contributed by atoms with Gasteiger partial charge in [0, 0.05) is 11.8 Å². The summed E-state index contributed by atoms with van der Waals surface area (Å²) in [4.78, 5) is 23.7. The topological polar surface area (TPSA) is 52.6 Å². The maximum absolute atomic E-state index is 14.6. The SMILES string of the molecule is CC(C)(C)C(C)(F)C(=O)OC1CCC2(C(F)(F)F)CC1OC2=O. The molecule has 1 saturated carbocycles. The zero-order valence-corrected chi connectivity index (χ0v) is 13.4. The Labute approximate surface area is 131 Å². The summed E-state index contributed by atoms with van der Waals surface area (Å²) in [6.07, 6.45) is -8.26. The molecule has 4 unspecified atom stereocenters. The van der Waals surface area contributed by atoms with Gasteiger partial charge in [-0.2, -0.15) is 13.2 Å². The minimum Gasteiger partial charge on any atom is -0.458 e. The lowest BCUT2D eigenvalue weighted by Gasteiger charge is -2.36. The molecule has 2 fully saturated rings. The van der Waals surface area contributed by atoms with Crippen LogP contribution in [0.3, 0.4) is 0 Å². The molecule has 0 spiro atoms. The highest BCUT2D eigenvalue weighted by Gasteiger charge is 2.69. The van der Waals surface area contributed by atoms with Gasteiger partial charge in [-0.15, -0.1) is 0 Å². The van der Waals surface area contributed by atoms with Crippen LogP contribution in [0.1, 0.15) is 47.0 Å². The largest absolute Gasteiger partial charge is 0.458 e. The van der Waals surface area contributed by atoms with Crippen molar-refractivity contribution in [2.45, 2.75) is 71.0 Å². The lowest BCUT2D eigenvalue weighted by atomic mass is 9.73. The molecule has 0 aromatic carbocycles. The molecule has 132 valence electrons. The number of rotatable bonds is 2. The van der Waals surface area contributed by atoms with Gasteiger partial charge in [0.25, 0.3) is 0 Å². The summed E-state index contributed by atoms with van der Waals surface area (Å²) in [6.45, 7) is 5.61. The molecule has 2 aliphatic rings. The Morgan fingerprint density at radius 2 is 1.78 bits per heavy atom. The van der Waals surface area contributed by atoms with Gasteiger partial charge in [-0.05, 0) is 19.8 Å². The van der Waals surface area contributed by atoms with E-state index in [0.29, 0.717) is 0 Å². The van der Waals surface area contributed by atoms with Crippen molar-refractivity contribution in [2.24, 2.45) is 10.8 Å². The first-order valence-electron chi connectivity index (χ1n) is 7.40. The number of ether oxygens (including phenoxy) is 2. The first-order valence-corrected chi connectivity index (χ1v) is 7.40. The van der Waals surface area contributed by atoms with Crippen LogP contribution >= 0.6 is 0 Å². The second-order valence-electron chi connectivity index (χ2n) is 7.46. The molecular formula is C15H20F4O4. The summed E-state index contributed by atoms with van der Waals surface area (Å²) >= 11 is 0. The molecule has 4 nitrogen and oxygen atoms in total. The van der Waals surface area contributed by atoms with Crippen LogP contribution in [0, 0.1) is 10.8 Å². The predicted molar refractivity (Wildman–Crippen MR) is 71.1 cm³/mol. The number of hydrogen-bond donors (Lipinski definition) is 0. The van der Waals surface area contributed by atoms with Crippen LogP contribution in [-0.2, 0) is 19.1 Å². The molecule has 0 radical (unpaired) electrons. The smallest absolute Gasteiger partial charge is 0.405 e. The number of hydrogen-bond acceptors (Lipinski definition) is 4. The summed E-state index contributed by atoms with van der Waals surface area (Å²) in [5, 5.41) is 0. The van der Waals surface area contributed by atoms with Gasteiger partial charge in [-0.1, -0.05) is 20.8 Å². The van der Waals surface area contributed by atoms with E-state index in [1.165, 1.54) is 20.8 Å². The molecule has 23 heavy (non-hydrogen) atoms. The van der Waals surface area contributed by atoms with Gasteiger partial charge in [-0.3, -0.25) is 4.79 Å². The van der Waals surface area contributed by atoms with Gasteiger partial charge < -0.3 is 9.47 Å². The normalized spacial score (nSPS) is 33.8. The molecule has 0 N–H and O–H groups in total. The lowest BCUT2D eigenvalue weighted by molar-refractivity contribution is -0.227. The zero-order valence-electron chi connectivity index (χ0n) is 13.4. The Balaban J connectivity index is 2.13. The van der Waals surface area contributed by atoms with Crippen molar-refractivity contribution in [3.63, 3.8) is 0 Å². The van der Waals surface area contributed by atoms with E-state index in [1.807, 2.05) is 0 Å². The van der Waals surface area contributed by atoms with Crippen molar-refractivity contribution in [3.8, 4) is 0 Å². The van der Waals surface area contributed by atoms with Crippen LogP contribution in [0.15, 0.2) is 0 Å². The van der Waals surface area contributed by atoms with E-state index >= 15 is 0 Å². The highest BCUT2D eigenvalue weighted by atomic mass is 19.4. The highest BCUT2D eigenvalue weighted by Crippen LogP contribution is 2.55. The van der Waals surface area contributed by atoms with Crippen LogP contribution in [0.5, 0.6) is 0 Å². The minimum absolute atomic E-state index is 0.193. The van der Waals surface area contributed by atoms with Gasteiger partial charge in [-0.25, -0.2) is 9.18 Å². The van der Waals surface area contributed by atoms with Crippen LogP contribution in [0.4, 0.5) is 17.6 Å². The van der Waals surface area contributed by atoms with E-state index in [4.69, 9.17) is 9.47 Å². The average Bonchev–Trinajstić information content (AvgIpc) is 2.64. The maximum atomic E-state index is 14.6. The summed E-state index contributed by atoms with van der Waals surface area (Å²) in [5.41, 5.74) is -5.88. The van der Waals surface area contributed by atoms with E-state index in [2.05, 4.69) is 0 Å². The van der Waals surface area contributed by atoms with Crippen LogP contribution < -0.4 is 0 Å². The molecule has 2 bridgehead atoms. The molecule has 2 rings (SSSR count). The molecule has 1 saturated heterocycles. The summed E-state index contributed by atoms with van der Waals surface area (Å²) in [6, 6.07) is 0. The average molecular weight is 340 g/mol. The summed E-state index contributed by atoms with van der Waals surface area (Å²) in [7, 11) is 0. The molecule has 1 heterocycles. The lowest BCUT2D eigenvalue weighted by Crippen LogP contribution is -2.49. The number of carbonyl (C=O) groups is 2. The van der Waals surface area contributed by atoms with Crippen molar-refractivity contribution in [3.05, 3.63) is 0 Å². The predicted octanol–water partition coefficient (Wildman–Crippen LogP) is 3.33. The number of esters is 2. The molecule has 0 aromatic rings. The van der Waals surface area contributed by atoms with Gasteiger partial charge in [0.2, 0.25) is 5.67 Å². The molecule has 1 aliphatic carbocycles. The van der Waals surface area contributed by atoms with Crippen LogP contribution in [0.25, 0.3) is 0 Å². The third-order valence-corrected chi connectivity index (χ3v) is 5.06. The summed E-state index contributed by atoms with van der Waals surface area (Å²) in [5.74, 6) is -2.50. The van der Waals surface area contributed by atoms with Crippen molar-refractivity contribution in [1.29, 1.82) is 0 Å². The number of fused-ring (bicyclic) bond motifs is 2. The van der Waals surface area contributed by atoms with Gasteiger partial charge in [0.05, 0.1) is 0 Å². The number of carbonyl (C=O) groups excluding carboxylic acids is 2. The minimum atomic E-state index is -4.71. The highest BCUT2D eigenvalue weighted by molar-refractivity contribution is 5.82. The van der Waals surface area contributed by atoms with E-state index in [1.54, 1.807) is 0 Å².